The van der Waals surface area contributed by atoms with Gasteiger partial charge in [-0.15, -0.1) is 0 Å². The van der Waals surface area contributed by atoms with Crippen molar-refractivity contribution in [2.24, 2.45) is 5.10 Å². The zero-order chi connectivity index (χ0) is 17.1. The third-order valence-electron chi connectivity index (χ3n) is 4.20. The molecular weight excluding hydrogens is 308 g/mol. The average molecular weight is 328 g/mol. The smallest absolute Gasteiger partial charge is 0.341 e. The van der Waals surface area contributed by atoms with Gasteiger partial charge in [-0.25, -0.2) is 9.78 Å². The molecule has 1 N–H and O–H groups in total. The lowest BCUT2D eigenvalue weighted by atomic mass is 10.2. The molecule has 1 aliphatic heterocycles. The molecule has 0 amide bonds. The van der Waals surface area contributed by atoms with Crippen molar-refractivity contribution in [3.63, 3.8) is 0 Å². The van der Waals surface area contributed by atoms with Crippen molar-refractivity contribution in [2.75, 3.05) is 13.1 Å². The highest BCUT2D eigenvalue weighted by Gasteiger charge is 2.15. The van der Waals surface area contributed by atoms with Crippen LogP contribution in [-0.4, -0.2) is 44.9 Å². The molecule has 3 rings (SSSR count). The molecule has 1 saturated heterocycles. The van der Waals surface area contributed by atoms with Gasteiger partial charge in [0.05, 0.1) is 17.3 Å². The number of aromatic carboxylic acids is 1. The molecule has 0 aliphatic carbocycles. The number of aryl methyl sites for hydroxylation is 1. The van der Waals surface area contributed by atoms with Gasteiger partial charge in [0.2, 0.25) is 5.43 Å². The van der Waals surface area contributed by atoms with Crippen molar-refractivity contribution in [3.8, 4) is 0 Å². The summed E-state index contributed by atoms with van der Waals surface area (Å²) in [6.45, 7) is 4.31. The molecule has 7 heteroatoms. The van der Waals surface area contributed by atoms with Crippen molar-refractivity contribution in [1.82, 2.24) is 14.6 Å². The second-order valence-electron chi connectivity index (χ2n) is 5.83. The van der Waals surface area contributed by atoms with Crippen molar-refractivity contribution in [1.29, 1.82) is 0 Å². The molecule has 0 saturated carbocycles. The van der Waals surface area contributed by atoms with Gasteiger partial charge in [0.25, 0.3) is 0 Å². The second-order valence-corrected chi connectivity index (χ2v) is 5.83. The number of fused-ring (bicyclic) bond motifs is 1. The van der Waals surface area contributed by atoms with Gasteiger partial charge in [0, 0.05) is 25.8 Å². The SMILES string of the molecule is CCn1cc(C(=O)O)c(=O)c2ccc(/C=N/N3CCCCC3)nc21. The number of rotatable bonds is 4. The molecule has 2 aromatic rings. The van der Waals surface area contributed by atoms with E-state index < -0.39 is 11.4 Å². The van der Waals surface area contributed by atoms with E-state index in [1.54, 1.807) is 22.9 Å². The first-order chi connectivity index (χ1) is 11.6. The maximum absolute atomic E-state index is 12.3. The molecule has 7 nitrogen and oxygen atoms in total. The summed E-state index contributed by atoms with van der Waals surface area (Å²) in [4.78, 5) is 28.0. The van der Waals surface area contributed by atoms with Crippen molar-refractivity contribution in [2.45, 2.75) is 32.7 Å². The zero-order valence-corrected chi connectivity index (χ0v) is 13.6. The third-order valence-corrected chi connectivity index (χ3v) is 4.20. The molecule has 3 heterocycles. The lowest BCUT2D eigenvalue weighted by Gasteiger charge is -2.23. The first kappa shape index (κ1) is 16.2. The summed E-state index contributed by atoms with van der Waals surface area (Å²) < 4.78 is 1.68. The zero-order valence-electron chi connectivity index (χ0n) is 13.6. The summed E-state index contributed by atoms with van der Waals surface area (Å²) >= 11 is 0. The number of hydrogen-bond acceptors (Lipinski definition) is 5. The van der Waals surface area contributed by atoms with E-state index in [0.29, 0.717) is 23.3 Å². The number of hydrazone groups is 1. The topological polar surface area (TPSA) is 87.8 Å². The Bertz CT molecular complexity index is 851. The molecule has 126 valence electrons. The minimum atomic E-state index is -1.22. The van der Waals surface area contributed by atoms with Gasteiger partial charge < -0.3 is 9.67 Å². The Morgan fingerprint density at radius 3 is 2.75 bits per heavy atom. The van der Waals surface area contributed by atoms with Crippen LogP contribution in [0, 0.1) is 0 Å². The van der Waals surface area contributed by atoms with E-state index in [9.17, 15) is 9.59 Å². The van der Waals surface area contributed by atoms with Crippen molar-refractivity contribution >= 4 is 23.2 Å². The minimum absolute atomic E-state index is 0.235. The second kappa shape index (κ2) is 6.82. The predicted octanol–water partition coefficient (Wildman–Crippen LogP) is 1.93. The first-order valence-electron chi connectivity index (χ1n) is 8.16. The number of carbonyl (C=O) groups is 1. The molecule has 24 heavy (non-hydrogen) atoms. The van der Waals surface area contributed by atoms with E-state index in [4.69, 9.17) is 5.11 Å². The van der Waals surface area contributed by atoms with Crippen molar-refractivity contribution < 1.29 is 9.90 Å². The van der Waals surface area contributed by atoms with Gasteiger partial charge in [-0.3, -0.25) is 9.80 Å². The Morgan fingerprint density at radius 1 is 1.33 bits per heavy atom. The highest BCUT2D eigenvalue weighted by Crippen LogP contribution is 2.12. The summed E-state index contributed by atoms with van der Waals surface area (Å²) in [5.74, 6) is -1.22. The van der Waals surface area contributed by atoms with Gasteiger partial charge in [-0.2, -0.15) is 5.10 Å². The van der Waals surface area contributed by atoms with Crippen LogP contribution in [0.3, 0.4) is 0 Å². The maximum atomic E-state index is 12.3. The highest BCUT2D eigenvalue weighted by molar-refractivity contribution is 5.92. The Labute approximate surface area is 139 Å². The Kier molecular flexibility index (Phi) is 4.59. The van der Waals surface area contributed by atoms with E-state index in [2.05, 4.69) is 10.1 Å². The van der Waals surface area contributed by atoms with E-state index in [1.807, 2.05) is 11.9 Å². The van der Waals surface area contributed by atoms with Crippen LogP contribution in [0.1, 0.15) is 42.2 Å². The number of piperidine rings is 1. The average Bonchev–Trinajstić information content (AvgIpc) is 2.61. The molecule has 0 radical (unpaired) electrons. The number of aromatic nitrogens is 2. The molecule has 2 aromatic heterocycles. The number of nitrogens with zero attached hydrogens (tertiary/aromatic N) is 4. The molecule has 0 bridgehead atoms. The fourth-order valence-electron chi connectivity index (χ4n) is 2.88. The molecule has 0 aromatic carbocycles. The van der Waals surface area contributed by atoms with Crippen molar-refractivity contribution in [3.05, 3.63) is 39.8 Å². The van der Waals surface area contributed by atoms with Gasteiger partial charge in [0.15, 0.2) is 0 Å². The fraction of sp³-hybridized carbons (Fsp3) is 0.412. The van der Waals surface area contributed by atoms with Crippen LogP contribution in [0.15, 0.2) is 28.2 Å². The number of pyridine rings is 2. The van der Waals surface area contributed by atoms with Crippen LogP contribution in [-0.2, 0) is 6.54 Å². The quantitative estimate of drug-likeness (QED) is 0.867. The largest absolute Gasteiger partial charge is 0.477 e. The molecule has 0 spiro atoms. The van der Waals surface area contributed by atoms with Crippen LogP contribution in [0.4, 0.5) is 0 Å². The van der Waals surface area contributed by atoms with Crippen LogP contribution >= 0.6 is 0 Å². The summed E-state index contributed by atoms with van der Waals surface area (Å²) in [6.07, 6.45) is 6.59. The number of carboxylic acids is 1. The molecule has 1 aliphatic rings. The normalized spacial score (nSPS) is 15.3. The number of hydrogen-bond donors (Lipinski definition) is 1. The number of carboxylic acid groups (broad SMARTS) is 1. The summed E-state index contributed by atoms with van der Waals surface area (Å²) in [6, 6.07) is 3.32. The molecular formula is C17H20N4O3. The highest BCUT2D eigenvalue weighted by atomic mass is 16.4. The van der Waals surface area contributed by atoms with E-state index in [1.165, 1.54) is 12.6 Å². The van der Waals surface area contributed by atoms with Crippen LogP contribution in [0.2, 0.25) is 0 Å². The fourth-order valence-corrected chi connectivity index (χ4v) is 2.88. The lowest BCUT2D eigenvalue weighted by Crippen LogP contribution is -2.24. The molecule has 0 atom stereocenters. The van der Waals surface area contributed by atoms with Crippen LogP contribution in [0.25, 0.3) is 11.0 Å². The van der Waals surface area contributed by atoms with Gasteiger partial charge in [-0.05, 0) is 38.3 Å². The Morgan fingerprint density at radius 2 is 2.08 bits per heavy atom. The van der Waals surface area contributed by atoms with E-state index >= 15 is 0 Å². The van der Waals surface area contributed by atoms with E-state index in [-0.39, 0.29) is 5.56 Å². The standard InChI is InChI=1S/C17H20N4O3/c1-2-20-11-14(17(23)24)15(22)13-7-6-12(19-16(13)20)10-18-21-8-4-3-5-9-21/h6-7,10-11H,2-5,8-9H2,1H3,(H,23,24)/b18-10+. The summed E-state index contributed by atoms with van der Waals surface area (Å²) in [7, 11) is 0. The van der Waals surface area contributed by atoms with E-state index in [0.717, 1.165) is 25.9 Å². The van der Waals surface area contributed by atoms with Crippen LogP contribution in [0.5, 0.6) is 0 Å². The summed E-state index contributed by atoms with van der Waals surface area (Å²) in [5.41, 5.74) is 0.392. The van der Waals surface area contributed by atoms with Gasteiger partial charge in [-0.1, -0.05) is 0 Å². The predicted molar refractivity (Wildman–Crippen MR) is 91.7 cm³/mol. The third kappa shape index (κ3) is 3.15. The Hall–Kier alpha value is -2.70. The first-order valence-corrected chi connectivity index (χ1v) is 8.16. The molecule has 0 unspecified atom stereocenters. The minimum Gasteiger partial charge on any atom is -0.477 e. The monoisotopic (exact) mass is 328 g/mol. The molecule has 1 fully saturated rings. The maximum Gasteiger partial charge on any atom is 0.341 e. The lowest BCUT2D eigenvalue weighted by molar-refractivity contribution is 0.0695. The van der Waals surface area contributed by atoms with Gasteiger partial charge in [0.1, 0.15) is 11.2 Å². The van der Waals surface area contributed by atoms with Gasteiger partial charge >= 0.3 is 5.97 Å². The Balaban J connectivity index is 2.01. The van der Waals surface area contributed by atoms with Crippen LogP contribution < -0.4 is 5.43 Å². The summed E-state index contributed by atoms with van der Waals surface area (Å²) in [5, 5.41) is 16.0.